The second-order valence-electron chi connectivity index (χ2n) is 2.16. The van der Waals surface area contributed by atoms with Crippen LogP contribution in [0.1, 0.15) is 6.42 Å². The Labute approximate surface area is 71.7 Å². The highest BCUT2D eigenvalue weighted by atomic mass is 19.3. The molecule has 1 unspecified atom stereocenters. The van der Waals surface area contributed by atoms with Gasteiger partial charge in [0.1, 0.15) is 6.23 Å². The molecule has 3 N–H and O–H groups in total. The van der Waals surface area contributed by atoms with Gasteiger partial charge in [0.2, 0.25) is 0 Å². The summed E-state index contributed by atoms with van der Waals surface area (Å²) < 4.78 is 35.0. The minimum absolute atomic E-state index is 0.623. The smallest absolute Gasteiger partial charge is 0.317 e. The van der Waals surface area contributed by atoms with Gasteiger partial charge in [-0.15, -0.1) is 0 Å². The molecule has 7 heteroatoms. The number of rotatable bonds is 5. The van der Waals surface area contributed by atoms with Crippen LogP contribution in [-0.2, 0) is 4.79 Å². The maximum Gasteiger partial charge on any atom is 0.317 e. The van der Waals surface area contributed by atoms with Crippen LogP contribution in [-0.4, -0.2) is 29.0 Å². The van der Waals surface area contributed by atoms with Crippen molar-refractivity contribution in [3.63, 3.8) is 0 Å². The van der Waals surface area contributed by atoms with E-state index in [4.69, 9.17) is 10.2 Å². The fourth-order valence-electron chi connectivity index (χ4n) is 0.524. The summed E-state index contributed by atoms with van der Waals surface area (Å²) in [5.41, 5.74) is 0. The average Bonchev–Trinajstić information content (AvgIpc) is 2.00. The number of carboxylic acids is 1. The monoisotopic (exact) mass is 199 g/mol. The Morgan fingerprint density at radius 2 is 1.92 bits per heavy atom. The number of aliphatic hydroxyl groups is 1. The van der Waals surface area contributed by atoms with Crippen LogP contribution in [0, 0.1) is 0 Å². The van der Waals surface area contributed by atoms with Gasteiger partial charge in [-0.2, -0.15) is 8.78 Å². The van der Waals surface area contributed by atoms with E-state index in [0.29, 0.717) is 0 Å². The van der Waals surface area contributed by atoms with E-state index in [1.54, 1.807) is 0 Å². The summed E-state index contributed by atoms with van der Waals surface area (Å²) in [7, 11) is 0. The molecule has 13 heavy (non-hydrogen) atoms. The normalized spacial score (nSPS) is 12.3. The molecule has 0 aromatic heterocycles. The first-order chi connectivity index (χ1) is 5.93. The van der Waals surface area contributed by atoms with E-state index < -0.39 is 37.1 Å². The Kier molecular flexibility index (Phi) is 5.09. The van der Waals surface area contributed by atoms with E-state index in [-0.39, 0.29) is 0 Å². The van der Waals surface area contributed by atoms with Gasteiger partial charge in [-0.05, 0) is 0 Å². The van der Waals surface area contributed by atoms with Crippen molar-refractivity contribution in [1.29, 1.82) is 0 Å². The van der Waals surface area contributed by atoms with Crippen molar-refractivity contribution in [2.45, 2.75) is 12.6 Å². The van der Waals surface area contributed by atoms with Crippen LogP contribution >= 0.6 is 0 Å². The Morgan fingerprint density at radius 3 is 2.31 bits per heavy atom. The molecule has 0 aromatic rings. The van der Waals surface area contributed by atoms with Crippen LogP contribution in [0.4, 0.5) is 13.2 Å². The Balaban J connectivity index is 3.81. The summed E-state index contributed by atoms with van der Waals surface area (Å²) in [5.74, 6) is -3.03. The highest BCUT2D eigenvalue weighted by Crippen LogP contribution is 2.13. The van der Waals surface area contributed by atoms with Crippen molar-refractivity contribution < 1.29 is 28.2 Å². The van der Waals surface area contributed by atoms with E-state index >= 15 is 0 Å². The molecule has 0 rings (SSSR count). The summed E-state index contributed by atoms with van der Waals surface area (Å²) in [6.45, 7) is -0.623. The first-order valence-electron chi connectivity index (χ1n) is 3.26. The third kappa shape index (κ3) is 6.12. The molecule has 0 aromatic carbocycles. The molecule has 0 saturated carbocycles. The number of aliphatic hydroxyl groups excluding tert-OH is 1. The third-order valence-electron chi connectivity index (χ3n) is 1.07. The Bertz CT molecular complexity index is 215. The molecular weight excluding hydrogens is 191 g/mol. The summed E-state index contributed by atoms with van der Waals surface area (Å²) in [4.78, 5) is 9.90. The minimum Gasteiger partial charge on any atom is -0.480 e. The zero-order chi connectivity index (χ0) is 10.4. The molecule has 0 saturated heterocycles. The molecule has 76 valence electrons. The molecule has 0 spiro atoms. The molecule has 0 heterocycles. The number of halogens is 3. The summed E-state index contributed by atoms with van der Waals surface area (Å²) in [6.07, 6.45) is -5.09. The summed E-state index contributed by atoms with van der Waals surface area (Å²) >= 11 is 0. The lowest BCUT2D eigenvalue weighted by molar-refractivity contribution is -0.136. The van der Waals surface area contributed by atoms with Gasteiger partial charge in [-0.3, -0.25) is 10.1 Å². The molecule has 0 fully saturated rings. The number of aliphatic carboxylic acids is 1. The lowest BCUT2D eigenvalue weighted by atomic mass is 10.3. The highest BCUT2D eigenvalue weighted by Gasteiger charge is 2.12. The van der Waals surface area contributed by atoms with Crippen LogP contribution in [0.15, 0.2) is 11.9 Å². The topological polar surface area (TPSA) is 69.6 Å². The number of hydrogen-bond acceptors (Lipinski definition) is 3. The van der Waals surface area contributed by atoms with Gasteiger partial charge in [0.15, 0.2) is 5.83 Å². The van der Waals surface area contributed by atoms with Crippen molar-refractivity contribution >= 4 is 5.97 Å². The second-order valence-corrected chi connectivity index (χ2v) is 2.16. The molecular formula is C6H8F3NO3. The Morgan fingerprint density at radius 1 is 1.38 bits per heavy atom. The predicted molar refractivity (Wildman–Crippen MR) is 36.6 cm³/mol. The Hall–Kier alpha value is -1.08. The van der Waals surface area contributed by atoms with Crippen LogP contribution in [0.3, 0.4) is 0 Å². The van der Waals surface area contributed by atoms with Crippen LogP contribution < -0.4 is 5.32 Å². The van der Waals surface area contributed by atoms with E-state index in [2.05, 4.69) is 0 Å². The third-order valence-corrected chi connectivity index (χ3v) is 1.07. The van der Waals surface area contributed by atoms with E-state index in [1.165, 1.54) is 0 Å². The number of nitrogens with one attached hydrogen (secondary N) is 1. The van der Waals surface area contributed by atoms with Gasteiger partial charge in [0.05, 0.1) is 6.54 Å². The van der Waals surface area contributed by atoms with Gasteiger partial charge < -0.3 is 10.2 Å². The average molecular weight is 199 g/mol. The van der Waals surface area contributed by atoms with Crippen molar-refractivity contribution in [2.24, 2.45) is 0 Å². The number of carboxylic acid groups (broad SMARTS) is 1. The standard InChI is InChI=1S/C6H8F3NO3/c7-3(6(8)9)1-4(11)10-2-5(12)13/h4,10-11H,1-2H2,(H,12,13). The van der Waals surface area contributed by atoms with Crippen LogP contribution in [0.25, 0.3) is 0 Å². The quantitative estimate of drug-likeness (QED) is 0.562. The molecule has 4 nitrogen and oxygen atoms in total. The second kappa shape index (κ2) is 5.55. The molecule has 0 aliphatic carbocycles. The van der Waals surface area contributed by atoms with Gasteiger partial charge in [0.25, 0.3) is 0 Å². The van der Waals surface area contributed by atoms with E-state index in [0.717, 1.165) is 0 Å². The van der Waals surface area contributed by atoms with Crippen molar-refractivity contribution in [2.75, 3.05) is 6.54 Å². The van der Waals surface area contributed by atoms with Crippen molar-refractivity contribution in [3.8, 4) is 0 Å². The zero-order valence-electron chi connectivity index (χ0n) is 6.43. The van der Waals surface area contributed by atoms with Gasteiger partial charge in [0, 0.05) is 6.42 Å². The number of hydrogen-bond donors (Lipinski definition) is 3. The lowest BCUT2D eigenvalue weighted by Gasteiger charge is -2.08. The summed E-state index contributed by atoms with van der Waals surface area (Å²) in [5, 5.41) is 18.7. The summed E-state index contributed by atoms with van der Waals surface area (Å²) in [6, 6.07) is 0. The molecule has 0 amide bonds. The van der Waals surface area contributed by atoms with Gasteiger partial charge in [-0.25, -0.2) is 4.39 Å². The number of carbonyl (C=O) groups is 1. The van der Waals surface area contributed by atoms with E-state index in [9.17, 15) is 18.0 Å². The maximum atomic E-state index is 12.1. The highest BCUT2D eigenvalue weighted by molar-refractivity contribution is 5.69. The molecule has 0 bridgehead atoms. The SMILES string of the molecule is O=C(O)CNC(O)CC(F)=C(F)F. The molecule has 0 aliphatic rings. The van der Waals surface area contributed by atoms with Crippen molar-refractivity contribution in [3.05, 3.63) is 11.9 Å². The fraction of sp³-hybridized carbons (Fsp3) is 0.500. The van der Waals surface area contributed by atoms with Crippen LogP contribution in [0.2, 0.25) is 0 Å². The minimum atomic E-state index is -2.52. The largest absolute Gasteiger partial charge is 0.480 e. The molecule has 1 atom stereocenters. The molecule has 0 aliphatic heterocycles. The van der Waals surface area contributed by atoms with Crippen molar-refractivity contribution in [1.82, 2.24) is 5.32 Å². The van der Waals surface area contributed by atoms with E-state index in [1.807, 2.05) is 5.32 Å². The lowest BCUT2D eigenvalue weighted by Crippen LogP contribution is -2.33. The first kappa shape index (κ1) is 11.9. The first-order valence-corrected chi connectivity index (χ1v) is 3.26. The zero-order valence-corrected chi connectivity index (χ0v) is 6.43. The fourth-order valence-corrected chi connectivity index (χ4v) is 0.524. The van der Waals surface area contributed by atoms with Gasteiger partial charge >= 0.3 is 12.0 Å². The van der Waals surface area contributed by atoms with Gasteiger partial charge in [-0.1, -0.05) is 0 Å². The predicted octanol–water partition coefficient (Wildman–Crippen LogP) is 0.447. The molecule has 0 radical (unpaired) electrons. The maximum absolute atomic E-state index is 12.1. The van der Waals surface area contributed by atoms with Crippen LogP contribution in [0.5, 0.6) is 0 Å².